The van der Waals surface area contributed by atoms with Crippen LogP contribution < -0.4 is 10.1 Å². The lowest BCUT2D eigenvalue weighted by molar-refractivity contribution is 0.313. The zero-order valence-corrected chi connectivity index (χ0v) is 10.9. The largest absolute Gasteiger partial charge is 0.492 e. The molecule has 0 atom stereocenters. The maximum Gasteiger partial charge on any atom is 0.120 e. The fourth-order valence-electron chi connectivity index (χ4n) is 1.37. The molecule has 0 radical (unpaired) electrons. The number of hydrogen-bond acceptors (Lipinski definition) is 3. The smallest absolute Gasteiger partial charge is 0.120 e. The molecule has 0 saturated carbocycles. The molecule has 0 aliphatic heterocycles. The highest BCUT2D eigenvalue weighted by atomic mass is 79.9. The summed E-state index contributed by atoms with van der Waals surface area (Å²) in [6.07, 6.45) is 3.56. The minimum absolute atomic E-state index is 0.641. The van der Waals surface area contributed by atoms with Crippen LogP contribution >= 0.6 is 15.9 Å². The lowest BCUT2D eigenvalue weighted by Gasteiger charge is -2.06. The van der Waals surface area contributed by atoms with Crippen molar-refractivity contribution in [2.24, 2.45) is 0 Å². The summed E-state index contributed by atoms with van der Waals surface area (Å²) in [5.74, 6) is 1.82. The Labute approximate surface area is 109 Å². The van der Waals surface area contributed by atoms with E-state index in [4.69, 9.17) is 4.74 Å². The van der Waals surface area contributed by atoms with Crippen LogP contribution in [-0.2, 0) is 6.54 Å². The summed E-state index contributed by atoms with van der Waals surface area (Å²) in [7, 11) is 0. The molecule has 1 heterocycles. The molecule has 2 aromatic rings. The van der Waals surface area contributed by atoms with Crippen molar-refractivity contribution in [2.75, 3.05) is 13.2 Å². The molecule has 4 nitrogen and oxygen atoms in total. The molecule has 2 rings (SSSR count). The van der Waals surface area contributed by atoms with Crippen LogP contribution in [0.4, 0.5) is 0 Å². The molecule has 17 heavy (non-hydrogen) atoms. The second-order valence-electron chi connectivity index (χ2n) is 3.52. The molecule has 0 saturated heterocycles. The van der Waals surface area contributed by atoms with Crippen LogP contribution in [0.1, 0.15) is 5.82 Å². The molecule has 5 heteroatoms. The Kier molecular flexibility index (Phi) is 4.58. The second kappa shape index (κ2) is 6.42. The highest BCUT2D eigenvalue weighted by Gasteiger charge is 1.95. The van der Waals surface area contributed by atoms with Crippen molar-refractivity contribution < 1.29 is 4.74 Å². The summed E-state index contributed by atoms with van der Waals surface area (Å²) in [5.41, 5.74) is 0. The van der Waals surface area contributed by atoms with Gasteiger partial charge in [-0.25, -0.2) is 4.98 Å². The van der Waals surface area contributed by atoms with Gasteiger partial charge in [-0.15, -0.1) is 0 Å². The highest BCUT2D eigenvalue weighted by molar-refractivity contribution is 9.10. The molecule has 0 bridgehead atoms. The van der Waals surface area contributed by atoms with Gasteiger partial charge >= 0.3 is 0 Å². The van der Waals surface area contributed by atoms with E-state index in [1.165, 1.54) is 0 Å². The number of nitrogens with zero attached hydrogens (tertiary/aromatic N) is 1. The summed E-state index contributed by atoms with van der Waals surface area (Å²) < 4.78 is 6.62. The number of rotatable bonds is 6. The van der Waals surface area contributed by atoms with Crippen LogP contribution in [0.2, 0.25) is 0 Å². The molecule has 1 aromatic carbocycles. The third-order valence-corrected chi connectivity index (χ3v) is 2.74. The van der Waals surface area contributed by atoms with Gasteiger partial charge in [0.25, 0.3) is 0 Å². The van der Waals surface area contributed by atoms with Crippen molar-refractivity contribution in [3.63, 3.8) is 0 Å². The van der Waals surface area contributed by atoms with Crippen LogP contribution in [0.5, 0.6) is 5.75 Å². The van der Waals surface area contributed by atoms with Crippen LogP contribution in [0.15, 0.2) is 41.1 Å². The number of benzene rings is 1. The van der Waals surface area contributed by atoms with Crippen molar-refractivity contribution in [2.45, 2.75) is 6.54 Å². The maximum absolute atomic E-state index is 5.57. The van der Waals surface area contributed by atoms with Crippen molar-refractivity contribution in [3.05, 3.63) is 47.0 Å². The lowest BCUT2D eigenvalue weighted by atomic mass is 10.3. The number of aromatic nitrogens is 2. The van der Waals surface area contributed by atoms with E-state index in [9.17, 15) is 0 Å². The van der Waals surface area contributed by atoms with Crippen LogP contribution in [-0.4, -0.2) is 23.1 Å². The summed E-state index contributed by atoms with van der Waals surface area (Å²) in [5, 5.41) is 3.24. The molecule has 1 aromatic heterocycles. The van der Waals surface area contributed by atoms with Gasteiger partial charge in [-0.3, -0.25) is 0 Å². The van der Waals surface area contributed by atoms with Gasteiger partial charge in [0, 0.05) is 23.4 Å². The van der Waals surface area contributed by atoms with E-state index in [0.29, 0.717) is 6.61 Å². The SMILES string of the molecule is Brc1ccc(OCCNCc2ncc[nH]2)cc1. The number of halogens is 1. The molecule has 0 fully saturated rings. The zero-order valence-electron chi connectivity index (χ0n) is 9.32. The summed E-state index contributed by atoms with van der Waals surface area (Å²) in [6, 6.07) is 7.81. The van der Waals surface area contributed by atoms with Gasteiger partial charge in [-0.2, -0.15) is 0 Å². The monoisotopic (exact) mass is 295 g/mol. The summed E-state index contributed by atoms with van der Waals surface area (Å²) >= 11 is 3.38. The van der Waals surface area contributed by atoms with E-state index in [2.05, 4.69) is 31.2 Å². The first kappa shape index (κ1) is 12.1. The van der Waals surface area contributed by atoms with Crippen molar-refractivity contribution >= 4 is 15.9 Å². The van der Waals surface area contributed by atoms with Crippen LogP contribution in [0, 0.1) is 0 Å². The average molecular weight is 296 g/mol. The molecule has 90 valence electrons. The average Bonchev–Trinajstić information content (AvgIpc) is 2.84. The Morgan fingerprint density at radius 3 is 2.82 bits per heavy atom. The molecule has 0 unspecified atom stereocenters. The molecular weight excluding hydrogens is 282 g/mol. The maximum atomic E-state index is 5.57. The van der Waals surface area contributed by atoms with Crippen molar-refractivity contribution in [3.8, 4) is 5.75 Å². The number of imidazole rings is 1. The standard InChI is InChI=1S/C12H14BrN3O/c13-10-1-3-11(4-2-10)17-8-7-14-9-12-15-5-6-16-12/h1-6,14H,7-9H2,(H,15,16). The third-order valence-electron chi connectivity index (χ3n) is 2.21. The number of hydrogen-bond donors (Lipinski definition) is 2. The van der Waals surface area contributed by atoms with E-state index in [-0.39, 0.29) is 0 Å². The van der Waals surface area contributed by atoms with Gasteiger partial charge < -0.3 is 15.0 Å². The minimum Gasteiger partial charge on any atom is -0.492 e. The quantitative estimate of drug-likeness (QED) is 0.804. The Balaban J connectivity index is 1.61. The molecule has 2 N–H and O–H groups in total. The Morgan fingerprint density at radius 2 is 2.12 bits per heavy atom. The fraction of sp³-hybridized carbons (Fsp3) is 0.250. The zero-order chi connectivity index (χ0) is 11.9. The molecule has 0 aliphatic rings. The molecule has 0 aliphatic carbocycles. The number of ether oxygens (including phenoxy) is 1. The molecule has 0 amide bonds. The van der Waals surface area contributed by atoms with Crippen LogP contribution in [0.25, 0.3) is 0 Å². The summed E-state index contributed by atoms with van der Waals surface area (Å²) in [6.45, 7) is 2.16. The van der Waals surface area contributed by atoms with E-state index in [1.807, 2.05) is 30.5 Å². The third kappa shape index (κ3) is 4.20. The van der Waals surface area contributed by atoms with Gasteiger partial charge in [-0.05, 0) is 24.3 Å². The topological polar surface area (TPSA) is 49.9 Å². The van der Waals surface area contributed by atoms with Gasteiger partial charge in [-0.1, -0.05) is 15.9 Å². The van der Waals surface area contributed by atoms with Gasteiger partial charge in [0.15, 0.2) is 0 Å². The first-order valence-electron chi connectivity index (χ1n) is 5.42. The van der Waals surface area contributed by atoms with Gasteiger partial charge in [0.05, 0.1) is 6.54 Å². The van der Waals surface area contributed by atoms with E-state index < -0.39 is 0 Å². The van der Waals surface area contributed by atoms with E-state index in [0.717, 1.165) is 29.1 Å². The number of H-pyrrole nitrogens is 1. The van der Waals surface area contributed by atoms with Gasteiger partial charge in [0.1, 0.15) is 18.2 Å². The molecule has 0 spiro atoms. The number of nitrogens with one attached hydrogen (secondary N) is 2. The Hall–Kier alpha value is -1.33. The first-order chi connectivity index (χ1) is 8.34. The predicted octanol–water partition coefficient (Wildman–Crippen LogP) is 2.34. The first-order valence-corrected chi connectivity index (χ1v) is 6.21. The van der Waals surface area contributed by atoms with Crippen molar-refractivity contribution in [1.29, 1.82) is 0 Å². The van der Waals surface area contributed by atoms with Gasteiger partial charge in [0.2, 0.25) is 0 Å². The van der Waals surface area contributed by atoms with E-state index in [1.54, 1.807) is 6.20 Å². The normalized spacial score (nSPS) is 10.4. The number of aromatic amines is 1. The fourth-order valence-corrected chi connectivity index (χ4v) is 1.64. The van der Waals surface area contributed by atoms with E-state index >= 15 is 0 Å². The van der Waals surface area contributed by atoms with Crippen molar-refractivity contribution in [1.82, 2.24) is 15.3 Å². The van der Waals surface area contributed by atoms with Crippen LogP contribution in [0.3, 0.4) is 0 Å². The minimum atomic E-state index is 0.641. The molecular formula is C12H14BrN3O. The Morgan fingerprint density at radius 1 is 1.29 bits per heavy atom. The highest BCUT2D eigenvalue weighted by Crippen LogP contribution is 2.15. The lowest BCUT2D eigenvalue weighted by Crippen LogP contribution is -2.21. The second-order valence-corrected chi connectivity index (χ2v) is 4.43. The predicted molar refractivity (Wildman–Crippen MR) is 69.9 cm³/mol. The Bertz CT molecular complexity index is 428. The summed E-state index contributed by atoms with van der Waals surface area (Å²) in [4.78, 5) is 7.15.